The zero-order chi connectivity index (χ0) is 21.3. The average molecular weight is 434 g/mol. The highest BCUT2D eigenvalue weighted by Crippen LogP contribution is 2.23. The number of rotatable bonds is 5. The molecule has 0 saturated carbocycles. The standard InChI is InChI=1S/C21H20F2N2O4S/c22-16-10-17(23)12-18(11-16)30(27,28)24-13-14-5-7-25(8-6-14)21(26)20-9-15-3-1-2-4-19(15)29-20/h1-4,9-12,14,24H,5-8,13H2. The van der Waals surface area contributed by atoms with E-state index >= 15 is 0 Å². The van der Waals surface area contributed by atoms with Crippen LogP contribution in [0.2, 0.25) is 0 Å². The van der Waals surface area contributed by atoms with Gasteiger partial charge >= 0.3 is 0 Å². The minimum Gasteiger partial charge on any atom is -0.451 e. The van der Waals surface area contributed by atoms with E-state index in [0.29, 0.717) is 37.6 Å². The lowest BCUT2D eigenvalue weighted by molar-refractivity contribution is 0.0662. The smallest absolute Gasteiger partial charge is 0.289 e. The fourth-order valence-corrected chi connectivity index (χ4v) is 4.74. The quantitative estimate of drug-likeness (QED) is 0.666. The van der Waals surface area contributed by atoms with Gasteiger partial charge in [0, 0.05) is 31.1 Å². The van der Waals surface area contributed by atoms with Crippen LogP contribution >= 0.6 is 0 Å². The first-order chi connectivity index (χ1) is 14.3. The Kier molecular flexibility index (Phi) is 5.57. The molecule has 0 bridgehead atoms. The molecule has 0 spiro atoms. The summed E-state index contributed by atoms with van der Waals surface area (Å²) in [7, 11) is -4.02. The number of likely N-dealkylation sites (tertiary alicyclic amines) is 1. The number of nitrogens with one attached hydrogen (secondary N) is 1. The van der Waals surface area contributed by atoms with Crippen molar-refractivity contribution in [1.29, 1.82) is 0 Å². The molecule has 158 valence electrons. The van der Waals surface area contributed by atoms with Gasteiger partial charge in [-0.25, -0.2) is 21.9 Å². The molecule has 0 unspecified atom stereocenters. The van der Waals surface area contributed by atoms with Crippen molar-refractivity contribution in [2.45, 2.75) is 17.7 Å². The molecule has 6 nitrogen and oxygen atoms in total. The van der Waals surface area contributed by atoms with E-state index in [0.717, 1.165) is 17.5 Å². The molecule has 1 fully saturated rings. The van der Waals surface area contributed by atoms with Crippen molar-refractivity contribution in [2.75, 3.05) is 19.6 Å². The maximum absolute atomic E-state index is 13.3. The van der Waals surface area contributed by atoms with Crippen molar-refractivity contribution in [1.82, 2.24) is 9.62 Å². The number of amides is 1. The predicted octanol–water partition coefficient (Wildman–Crippen LogP) is 3.54. The van der Waals surface area contributed by atoms with Gasteiger partial charge in [-0.3, -0.25) is 4.79 Å². The normalized spacial score (nSPS) is 15.6. The molecule has 1 aliphatic heterocycles. The summed E-state index contributed by atoms with van der Waals surface area (Å²) in [4.78, 5) is 13.9. The van der Waals surface area contributed by atoms with Gasteiger partial charge in [-0.2, -0.15) is 0 Å². The van der Waals surface area contributed by atoms with Crippen LogP contribution in [0.15, 0.2) is 57.8 Å². The fourth-order valence-electron chi connectivity index (χ4n) is 3.58. The van der Waals surface area contributed by atoms with Crippen molar-refractivity contribution in [2.24, 2.45) is 5.92 Å². The molecule has 3 aromatic rings. The van der Waals surface area contributed by atoms with Gasteiger partial charge in [-0.15, -0.1) is 0 Å². The van der Waals surface area contributed by atoms with Gasteiger partial charge in [0.05, 0.1) is 4.90 Å². The number of fused-ring (bicyclic) bond motifs is 1. The molecule has 2 aromatic carbocycles. The van der Waals surface area contributed by atoms with Crippen molar-refractivity contribution in [3.05, 3.63) is 65.9 Å². The number of carbonyl (C=O) groups is 1. The highest BCUT2D eigenvalue weighted by molar-refractivity contribution is 7.89. The van der Waals surface area contributed by atoms with Gasteiger partial charge in [-0.05, 0) is 43.0 Å². The largest absolute Gasteiger partial charge is 0.451 e. The minimum absolute atomic E-state index is 0.0119. The highest BCUT2D eigenvalue weighted by Gasteiger charge is 2.27. The van der Waals surface area contributed by atoms with E-state index in [1.54, 1.807) is 17.0 Å². The topological polar surface area (TPSA) is 79.6 Å². The molecule has 2 heterocycles. The Labute approximate surface area is 172 Å². The summed E-state index contributed by atoms with van der Waals surface area (Å²) in [6.07, 6.45) is 1.21. The summed E-state index contributed by atoms with van der Waals surface area (Å²) in [6.45, 7) is 1.07. The van der Waals surface area contributed by atoms with Crippen LogP contribution in [-0.4, -0.2) is 38.9 Å². The summed E-state index contributed by atoms with van der Waals surface area (Å²) >= 11 is 0. The zero-order valence-electron chi connectivity index (χ0n) is 16.0. The summed E-state index contributed by atoms with van der Waals surface area (Å²) in [5.74, 6) is -1.80. The van der Waals surface area contributed by atoms with E-state index in [4.69, 9.17) is 4.42 Å². The summed E-state index contributed by atoms with van der Waals surface area (Å²) in [5.41, 5.74) is 0.652. The maximum atomic E-state index is 13.3. The molecule has 1 aromatic heterocycles. The van der Waals surface area contributed by atoms with E-state index in [9.17, 15) is 22.0 Å². The lowest BCUT2D eigenvalue weighted by Crippen LogP contribution is -2.41. The number of benzene rings is 2. The summed E-state index contributed by atoms with van der Waals surface area (Å²) in [5, 5.41) is 0.860. The molecular weight excluding hydrogens is 414 g/mol. The number of nitrogens with zero attached hydrogens (tertiary/aromatic N) is 1. The lowest BCUT2D eigenvalue weighted by Gasteiger charge is -2.31. The molecule has 30 heavy (non-hydrogen) atoms. The lowest BCUT2D eigenvalue weighted by atomic mass is 9.97. The third-order valence-electron chi connectivity index (χ3n) is 5.25. The second-order valence-electron chi connectivity index (χ2n) is 7.34. The molecule has 1 amide bonds. The SMILES string of the molecule is O=C(c1cc2ccccc2o1)N1CCC(CNS(=O)(=O)c2cc(F)cc(F)c2)CC1. The molecule has 1 saturated heterocycles. The van der Waals surface area contributed by atoms with Gasteiger partial charge in [0.1, 0.15) is 17.2 Å². The van der Waals surface area contributed by atoms with Gasteiger partial charge in [0.25, 0.3) is 5.91 Å². The summed E-state index contributed by atoms with van der Waals surface area (Å²) in [6, 6.07) is 11.3. The zero-order valence-corrected chi connectivity index (χ0v) is 16.8. The van der Waals surface area contributed by atoms with Gasteiger partial charge in [-0.1, -0.05) is 18.2 Å². The number of piperidine rings is 1. The molecule has 4 rings (SSSR count). The third-order valence-corrected chi connectivity index (χ3v) is 6.65. The van der Waals surface area contributed by atoms with Crippen LogP contribution in [0.5, 0.6) is 0 Å². The molecular formula is C21H20F2N2O4S. The summed E-state index contributed by atoms with van der Waals surface area (Å²) < 4.78 is 59.2. The Balaban J connectivity index is 1.33. The molecule has 1 aliphatic rings. The van der Waals surface area contributed by atoms with Crippen molar-refractivity contribution in [3.63, 3.8) is 0 Å². The number of sulfonamides is 1. The van der Waals surface area contributed by atoms with Crippen LogP contribution in [-0.2, 0) is 10.0 Å². The van der Waals surface area contributed by atoms with Crippen LogP contribution < -0.4 is 4.72 Å². The molecule has 0 aliphatic carbocycles. The fraction of sp³-hybridized carbons (Fsp3) is 0.286. The van der Waals surface area contributed by atoms with Crippen molar-refractivity contribution >= 4 is 26.9 Å². The third kappa shape index (κ3) is 4.36. The first-order valence-corrected chi connectivity index (χ1v) is 11.0. The first-order valence-electron chi connectivity index (χ1n) is 9.55. The Morgan fingerprint density at radius 2 is 1.73 bits per heavy atom. The first kappa shape index (κ1) is 20.5. The Morgan fingerprint density at radius 3 is 2.40 bits per heavy atom. The number of carbonyl (C=O) groups excluding carboxylic acids is 1. The van der Waals surface area contributed by atoms with Crippen LogP contribution in [0.3, 0.4) is 0 Å². The van der Waals surface area contributed by atoms with Crippen LogP contribution in [0.1, 0.15) is 23.4 Å². The maximum Gasteiger partial charge on any atom is 0.289 e. The Hall–Kier alpha value is -2.78. The second kappa shape index (κ2) is 8.16. The number of halogens is 2. The van der Waals surface area contributed by atoms with Gasteiger partial charge in [0.15, 0.2) is 5.76 Å². The number of para-hydroxylation sites is 1. The number of hydrogen-bond acceptors (Lipinski definition) is 4. The second-order valence-corrected chi connectivity index (χ2v) is 9.11. The predicted molar refractivity (Wildman–Crippen MR) is 106 cm³/mol. The van der Waals surface area contributed by atoms with Crippen LogP contribution in [0.4, 0.5) is 8.78 Å². The molecule has 0 atom stereocenters. The van der Waals surface area contributed by atoms with E-state index in [-0.39, 0.29) is 24.1 Å². The number of furan rings is 1. The molecule has 1 N–H and O–H groups in total. The van der Waals surface area contributed by atoms with Gasteiger partial charge < -0.3 is 9.32 Å². The van der Waals surface area contributed by atoms with E-state index in [1.165, 1.54) is 0 Å². The van der Waals surface area contributed by atoms with E-state index in [2.05, 4.69) is 4.72 Å². The number of hydrogen-bond donors (Lipinski definition) is 1. The van der Waals surface area contributed by atoms with E-state index < -0.39 is 26.6 Å². The minimum atomic E-state index is -4.02. The van der Waals surface area contributed by atoms with Crippen LogP contribution in [0, 0.1) is 17.6 Å². The van der Waals surface area contributed by atoms with Crippen LogP contribution in [0.25, 0.3) is 11.0 Å². The molecule has 9 heteroatoms. The Bertz CT molecular complexity index is 1130. The average Bonchev–Trinajstić information content (AvgIpc) is 3.16. The van der Waals surface area contributed by atoms with Crippen molar-refractivity contribution < 1.29 is 26.4 Å². The monoisotopic (exact) mass is 434 g/mol. The van der Waals surface area contributed by atoms with E-state index in [1.807, 2.05) is 18.2 Å². The van der Waals surface area contributed by atoms with Gasteiger partial charge in [0.2, 0.25) is 10.0 Å². The molecule has 0 radical (unpaired) electrons. The highest BCUT2D eigenvalue weighted by atomic mass is 32.2. The van der Waals surface area contributed by atoms with Crippen molar-refractivity contribution in [3.8, 4) is 0 Å². The Morgan fingerprint density at radius 1 is 1.07 bits per heavy atom.